The average molecular weight is 384 g/mol. The van der Waals surface area contributed by atoms with Crippen molar-refractivity contribution in [3.63, 3.8) is 0 Å². The summed E-state index contributed by atoms with van der Waals surface area (Å²) in [6.07, 6.45) is 0.648. The molecule has 0 saturated heterocycles. The molecular formula is C20H18F2N4O2. The molecule has 3 aromatic rings. The molecular weight excluding hydrogens is 366 g/mol. The molecule has 0 radical (unpaired) electrons. The van der Waals surface area contributed by atoms with Crippen LogP contribution >= 0.6 is 0 Å². The van der Waals surface area contributed by atoms with Gasteiger partial charge in [-0.25, -0.2) is 8.78 Å². The van der Waals surface area contributed by atoms with E-state index >= 15 is 0 Å². The number of hydrogen-bond donors (Lipinski definition) is 2. The Morgan fingerprint density at radius 3 is 2.32 bits per heavy atom. The quantitative estimate of drug-likeness (QED) is 0.652. The number of amides is 1. The van der Waals surface area contributed by atoms with Crippen LogP contribution in [0.25, 0.3) is 0 Å². The average Bonchev–Trinajstić information content (AvgIpc) is 2.72. The van der Waals surface area contributed by atoms with Crippen LogP contribution in [0.4, 0.5) is 20.3 Å². The minimum atomic E-state index is -0.748. The molecule has 1 heterocycles. The molecule has 2 N–H and O–H groups in total. The second kappa shape index (κ2) is 8.90. The maximum Gasteiger partial charge on any atom is 0.271 e. The molecule has 0 aliphatic carbocycles. The summed E-state index contributed by atoms with van der Waals surface area (Å²) in [4.78, 5) is 12.1. The zero-order valence-corrected chi connectivity index (χ0v) is 15.1. The molecule has 0 atom stereocenters. The molecule has 0 aliphatic heterocycles. The van der Waals surface area contributed by atoms with Crippen molar-refractivity contribution < 1.29 is 18.3 Å². The van der Waals surface area contributed by atoms with Crippen molar-refractivity contribution in [1.82, 2.24) is 15.5 Å². The van der Waals surface area contributed by atoms with E-state index in [9.17, 15) is 13.6 Å². The van der Waals surface area contributed by atoms with Crippen LogP contribution in [0.2, 0.25) is 0 Å². The van der Waals surface area contributed by atoms with Gasteiger partial charge < -0.3 is 15.4 Å². The molecule has 3 rings (SSSR count). The highest BCUT2D eigenvalue weighted by molar-refractivity contribution is 5.92. The van der Waals surface area contributed by atoms with E-state index < -0.39 is 11.6 Å². The van der Waals surface area contributed by atoms with Crippen molar-refractivity contribution in [2.75, 3.05) is 19.0 Å². The van der Waals surface area contributed by atoms with Crippen LogP contribution in [0.5, 0.6) is 5.75 Å². The molecule has 0 saturated carbocycles. The molecule has 0 fully saturated rings. The maximum absolute atomic E-state index is 13.6. The van der Waals surface area contributed by atoms with E-state index in [1.807, 2.05) is 24.3 Å². The summed E-state index contributed by atoms with van der Waals surface area (Å²) in [7, 11) is 1.60. The third-order valence-corrected chi connectivity index (χ3v) is 3.97. The molecule has 0 spiro atoms. The van der Waals surface area contributed by atoms with Crippen LogP contribution in [0, 0.1) is 11.6 Å². The minimum absolute atomic E-state index is 0.106. The number of anilines is 2. The third-order valence-electron chi connectivity index (χ3n) is 3.97. The second-order valence-corrected chi connectivity index (χ2v) is 5.88. The Bertz CT molecular complexity index is 927. The van der Waals surface area contributed by atoms with E-state index in [0.29, 0.717) is 13.0 Å². The second-order valence-electron chi connectivity index (χ2n) is 5.88. The fraction of sp³-hybridized carbons (Fsp3) is 0.150. The number of carbonyl (C=O) groups excluding carboxylic acids is 1. The number of nitrogens with zero attached hydrogens (tertiary/aromatic N) is 2. The van der Waals surface area contributed by atoms with Gasteiger partial charge in [-0.1, -0.05) is 18.2 Å². The smallest absolute Gasteiger partial charge is 0.271 e. The number of para-hydroxylation sites is 1. The number of methoxy groups -OCH3 is 1. The van der Waals surface area contributed by atoms with Gasteiger partial charge in [0.05, 0.1) is 7.11 Å². The van der Waals surface area contributed by atoms with Crippen LogP contribution in [0.3, 0.4) is 0 Å². The lowest BCUT2D eigenvalue weighted by Crippen LogP contribution is -2.26. The summed E-state index contributed by atoms with van der Waals surface area (Å²) >= 11 is 0. The lowest BCUT2D eigenvalue weighted by molar-refractivity contribution is 0.0948. The van der Waals surface area contributed by atoms with E-state index in [1.54, 1.807) is 7.11 Å². The summed E-state index contributed by atoms with van der Waals surface area (Å²) in [6.45, 7) is 0.424. The number of rotatable bonds is 7. The van der Waals surface area contributed by atoms with Gasteiger partial charge >= 0.3 is 0 Å². The Morgan fingerprint density at radius 1 is 1.00 bits per heavy atom. The highest BCUT2D eigenvalue weighted by Crippen LogP contribution is 2.21. The van der Waals surface area contributed by atoms with Gasteiger partial charge in [0.1, 0.15) is 23.1 Å². The first-order valence-electron chi connectivity index (χ1n) is 8.52. The molecule has 6 nitrogen and oxygen atoms in total. The number of nitrogens with one attached hydrogen (secondary N) is 2. The van der Waals surface area contributed by atoms with E-state index in [4.69, 9.17) is 4.74 Å². The van der Waals surface area contributed by atoms with Crippen molar-refractivity contribution in [2.24, 2.45) is 0 Å². The number of ether oxygens (including phenoxy) is 1. The van der Waals surface area contributed by atoms with Crippen LogP contribution in [-0.2, 0) is 6.42 Å². The van der Waals surface area contributed by atoms with Crippen molar-refractivity contribution in [2.45, 2.75) is 6.42 Å². The van der Waals surface area contributed by atoms with E-state index in [2.05, 4.69) is 20.8 Å². The molecule has 8 heteroatoms. The molecule has 144 valence electrons. The highest BCUT2D eigenvalue weighted by Gasteiger charge is 2.11. The van der Waals surface area contributed by atoms with Crippen LogP contribution < -0.4 is 15.4 Å². The summed E-state index contributed by atoms with van der Waals surface area (Å²) in [5.41, 5.74) is 0.835. The molecule has 0 aliphatic rings. The summed E-state index contributed by atoms with van der Waals surface area (Å²) < 4.78 is 32.4. The third kappa shape index (κ3) is 4.79. The first kappa shape index (κ1) is 19.2. The molecule has 1 amide bonds. The zero-order chi connectivity index (χ0) is 19.9. The Hall–Kier alpha value is -3.55. The first-order chi connectivity index (χ1) is 13.6. The van der Waals surface area contributed by atoms with Crippen LogP contribution in [-0.4, -0.2) is 29.8 Å². The number of hydrogen-bond acceptors (Lipinski definition) is 5. The molecule has 0 bridgehead atoms. The van der Waals surface area contributed by atoms with Gasteiger partial charge in [0.2, 0.25) is 0 Å². The standard InChI is InChI=1S/C20H18F2N4O2/c1-28-14-7-5-13(6-8-14)11-12-23-20(27)17-9-10-18(26-25-17)24-19-15(21)3-2-4-16(19)22/h2-10H,11-12H2,1H3,(H,23,27)(H,24,26). The largest absolute Gasteiger partial charge is 0.497 e. The Balaban J connectivity index is 1.54. The van der Waals surface area contributed by atoms with Gasteiger partial charge in [0, 0.05) is 6.54 Å². The predicted molar refractivity (Wildman–Crippen MR) is 101 cm³/mol. The summed E-state index contributed by atoms with van der Waals surface area (Å²) in [5.74, 6) is -0.986. The molecule has 1 aromatic heterocycles. The van der Waals surface area contributed by atoms with E-state index in [1.165, 1.54) is 18.2 Å². The lowest BCUT2D eigenvalue weighted by atomic mass is 10.1. The predicted octanol–water partition coefficient (Wildman–Crippen LogP) is 3.48. The van der Waals surface area contributed by atoms with Gasteiger partial charge in [-0.3, -0.25) is 4.79 Å². The van der Waals surface area contributed by atoms with Crippen molar-refractivity contribution in [3.05, 3.63) is 77.5 Å². The van der Waals surface area contributed by atoms with E-state index in [-0.39, 0.29) is 23.1 Å². The highest BCUT2D eigenvalue weighted by atomic mass is 19.1. The van der Waals surface area contributed by atoms with E-state index in [0.717, 1.165) is 23.4 Å². The minimum Gasteiger partial charge on any atom is -0.497 e. The van der Waals surface area contributed by atoms with Gasteiger partial charge in [0.25, 0.3) is 5.91 Å². The number of carbonyl (C=O) groups is 1. The maximum atomic E-state index is 13.6. The summed E-state index contributed by atoms with van der Waals surface area (Å²) in [6, 6.07) is 13.9. The van der Waals surface area contributed by atoms with Crippen molar-refractivity contribution in [1.29, 1.82) is 0 Å². The number of halogens is 2. The van der Waals surface area contributed by atoms with Crippen LogP contribution in [0.1, 0.15) is 16.1 Å². The Morgan fingerprint density at radius 2 is 1.71 bits per heavy atom. The van der Waals surface area contributed by atoms with Gasteiger partial charge in [-0.2, -0.15) is 0 Å². The van der Waals surface area contributed by atoms with Crippen LogP contribution in [0.15, 0.2) is 54.6 Å². The number of benzene rings is 2. The van der Waals surface area contributed by atoms with Gasteiger partial charge in [0.15, 0.2) is 11.5 Å². The SMILES string of the molecule is COc1ccc(CCNC(=O)c2ccc(Nc3c(F)cccc3F)nn2)cc1. The first-order valence-corrected chi connectivity index (χ1v) is 8.52. The fourth-order valence-electron chi connectivity index (χ4n) is 2.47. The molecule has 0 unspecified atom stereocenters. The zero-order valence-electron chi connectivity index (χ0n) is 15.1. The van der Waals surface area contributed by atoms with Crippen molar-refractivity contribution >= 4 is 17.4 Å². The topological polar surface area (TPSA) is 76.1 Å². The number of aromatic nitrogens is 2. The lowest BCUT2D eigenvalue weighted by Gasteiger charge is -2.08. The molecule has 2 aromatic carbocycles. The Labute approximate surface area is 160 Å². The van der Waals surface area contributed by atoms with Gasteiger partial charge in [-0.05, 0) is 48.4 Å². The monoisotopic (exact) mass is 384 g/mol. The fourth-order valence-corrected chi connectivity index (χ4v) is 2.47. The summed E-state index contributed by atoms with van der Waals surface area (Å²) in [5, 5.41) is 12.9. The Kier molecular flexibility index (Phi) is 6.11. The van der Waals surface area contributed by atoms with Gasteiger partial charge in [-0.15, -0.1) is 10.2 Å². The molecule has 28 heavy (non-hydrogen) atoms. The normalized spacial score (nSPS) is 10.4. The van der Waals surface area contributed by atoms with Crippen molar-refractivity contribution in [3.8, 4) is 5.75 Å².